The molecule has 0 aromatic heterocycles. The third-order valence-electron chi connectivity index (χ3n) is 3.21. The van der Waals surface area contributed by atoms with Gasteiger partial charge in [0.15, 0.2) is 0 Å². The fraction of sp³-hybridized carbons (Fsp3) is 0.167. The largest absolute Gasteiger partial charge is 0.410 e. The molecule has 0 radical (unpaired) electrons. The lowest BCUT2D eigenvalue weighted by molar-refractivity contribution is -0.385. The summed E-state index contributed by atoms with van der Waals surface area (Å²) >= 11 is 0. The summed E-state index contributed by atoms with van der Waals surface area (Å²) in [6.45, 7) is 3.00. The maximum Gasteiger partial charge on any atom is 0.298 e. The van der Waals surface area contributed by atoms with E-state index in [1.807, 2.05) is 0 Å². The van der Waals surface area contributed by atoms with Crippen LogP contribution in [0.4, 0.5) is 11.4 Å². The monoisotopic (exact) mass is 291 g/mol. The van der Waals surface area contributed by atoms with Gasteiger partial charge in [-0.3, -0.25) is 24.5 Å². The number of nitro groups is 1. The molecule has 0 saturated carbocycles. The van der Waals surface area contributed by atoms with Crippen molar-refractivity contribution in [3.8, 4) is 0 Å². The van der Waals surface area contributed by atoms with Gasteiger partial charge in [0.2, 0.25) is 11.5 Å². The highest BCUT2D eigenvalue weighted by atomic mass is 16.6. The maximum atomic E-state index is 12.2. The van der Waals surface area contributed by atoms with Crippen LogP contribution < -0.4 is 5.32 Å². The lowest BCUT2D eigenvalue weighted by Crippen LogP contribution is -2.31. The number of aryl methyl sites for hydroxylation is 1. The van der Waals surface area contributed by atoms with Crippen molar-refractivity contribution in [3.63, 3.8) is 0 Å². The zero-order chi connectivity index (χ0) is 15.9. The standard InChI is InChI=1S/C12H9N3O6/c1-4-3-6-7(9(5(4)2)15(20)21)10(16)8(14-19)11(17)12(18)13-6/h3,19H,1-2H3,(H,13,18)/b14-8-. The highest BCUT2D eigenvalue weighted by molar-refractivity contribution is 6.83. The van der Waals surface area contributed by atoms with Gasteiger partial charge < -0.3 is 10.5 Å². The molecule has 0 bridgehead atoms. The van der Waals surface area contributed by atoms with Crippen LogP contribution in [-0.4, -0.2) is 33.3 Å². The van der Waals surface area contributed by atoms with E-state index in [0.29, 0.717) is 5.56 Å². The number of benzene rings is 1. The molecule has 2 N–H and O–H groups in total. The van der Waals surface area contributed by atoms with Gasteiger partial charge >= 0.3 is 0 Å². The first-order valence-corrected chi connectivity index (χ1v) is 5.70. The Kier molecular flexibility index (Phi) is 3.26. The van der Waals surface area contributed by atoms with Gasteiger partial charge in [-0.25, -0.2) is 0 Å². The van der Waals surface area contributed by atoms with Gasteiger partial charge in [0.25, 0.3) is 17.4 Å². The van der Waals surface area contributed by atoms with Crippen molar-refractivity contribution in [1.29, 1.82) is 0 Å². The number of oxime groups is 1. The van der Waals surface area contributed by atoms with Crippen LogP contribution in [-0.2, 0) is 9.59 Å². The minimum Gasteiger partial charge on any atom is -0.410 e. The van der Waals surface area contributed by atoms with Crippen molar-refractivity contribution in [2.45, 2.75) is 13.8 Å². The quantitative estimate of drug-likeness (QED) is 0.338. The minimum absolute atomic E-state index is 0.160. The van der Waals surface area contributed by atoms with E-state index >= 15 is 0 Å². The number of nitrogens with one attached hydrogen (secondary N) is 1. The van der Waals surface area contributed by atoms with Crippen molar-refractivity contribution >= 4 is 34.6 Å². The molecule has 2 rings (SSSR count). The van der Waals surface area contributed by atoms with Crippen molar-refractivity contribution in [3.05, 3.63) is 32.9 Å². The van der Waals surface area contributed by atoms with Crippen molar-refractivity contribution in [2.24, 2.45) is 5.16 Å². The fourth-order valence-electron chi connectivity index (χ4n) is 2.05. The molecule has 0 spiro atoms. The third-order valence-corrected chi connectivity index (χ3v) is 3.21. The molecule has 0 saturated heterocycles. The number of anilines is 1. The van der Waals surface area contributed by atoms with Gasteiger partial charge in [-0.1, -0.05) is 5.16 Å². The van der Waals surface area contributed by atoms with E-state index in [4.69, 9.17) is 5.21 Å². The van der Waals surface area contributed by atoms with Crippen molar-refractivity contribution in [2.75, 3.05) is 5.32 Å². The molecule has 1 aliphatic heterocycles. The summed E-state index contributed by atoms with van der Waals surface area (Å²) in [7, 11) is 0. The molecule has 9 nitrogen and oxygen atoms in total. The summed E-state index contributed by atoms with van der Waals surface area (Å²) in [4.78, 5) is 45.8. The van der Waals surface area contributed by atoms with E-state index in [2.05, 4.69) is 10.5 Å². The Balaban J connectivity index is 2.90. The average molecular weight is 291 g/mol. The van der Waals surface area contributed by atoms with Crippen LogP contribution in [0, 0.1) is 24.0 Å². The molecular formula is C12H9N3O6. The Hall–Kier alpha value is -3.10. The summed E-state index contributed by atoms with van der Waals surface area (Å²) in [5.74, 6) is -3.73. The zero-order valence-corrected chi connectivity index (χ0v) is 11.0. The second-order valence-electron chi connectivity index (χ2n) is 4.41. The fourth-order valence-corrected chi connectivity index (χ4v) is 2.05. The van der Waals surface area contributed by atoms with Crippen LogP contribution in [0.15, 0.2) is 11.2 Å². The number of hydrogen-bond acceptors (Lipinski definition) is 7. The Bertz CT molecular complexity index is 750. The molecule has 9 heteroatoms. The van der Waals surface area contributed by atoms with Gasteiger partial charge in [-0.15, -0.1) is 0 Å². The molecule has 1 aromatic carbocycles. The lowest BCUT2D eigenvalue weighted by atomic mass is 9.96. The van der Waals surface area contributed by atoms with Crippen molar-refractivity contribution < 1.29 is 24.5 Å². The zero-order valence-electron chi connectivity index (χ0n) is 11.0. The van der Waals surface area contributed by atoms with Gasteiger partial charge in [0.05, 0.1) is 10.6 Å². The number of hydrogen-bond donors (Lipinski definition) is 2. The molecule has 0 atom stereocenters. The Labute approximate surface area is 117 Å². The molecular weight excluding hydrogens is 282 g/mol. The second kappa shape index (κ2) is 4.78. The molecule has 1 aliphatic rings. The van der Waals surface area contributed by atoms with E-state index in [1.165, 1.54) is 13.0 Å². The Morgan fingerprint density at radius 1 is 1.24 bits per heavy atom. The Morgan fingerprint density at radius 3 is 2.38 bits per heavy atom. The van der Waals surface area contributed by atoms with Crippen molar-refractivity contribution in [1.82, 2.24) is 0 Å². The maximum absolute atomic E-state index is 12.2. The average Bonchev–Trinajstić information content (AvgIpc) is 2.49. The molecule has 1 aromatic rings. The van der Waals surface area contributed by atoms with Gasteiger partial charge in [-0.2, -0.15) is 0 Å². The summed E-state index contributed by atoms with van der Waals surface area (Å²) in [5, 5.41) is 24.6. The first-order chi connectivity index (χ1) is 9.79. The number of rotatable bonds is 1. The predicted octanol–water partition coefficient (Wildman–Crippen LogP) is 0.746. The number of carbonyl (C=O) groups excluding carboxylic acids is 3. The molecule has 0 aliphatic carbocycles. The summed E-state index contributed by atoms with van der Waals surface area (Å²) in [6, 6.07) is 1.35. The number of Topliss-reactive ketones (excluding diaryl/α,β-unsaturated/α-hetero) is 2. The van der Waals surface area contributed by atoms with Crippen LogP contribution in [0.5, 0.6) is 0 Å². The van der Waals surface area contributed by atoms with E-state index in [0.717, 1.165) is 0 Å². The summed E-state index contributed by atoms with van der Waals surface area (Å²) in [5.41, 5.74) is -1.55. The lowest BCUT2D eigenvalue weighted by Gasteiger charge is -2.10. The molecule has 1 heterocycles. The normalized spacial score (nSPS) is 16.5. The highest BCUT2D eigenvalue weighted by Crippen LogP contribution is 2.34. The first-order valence-electron chi connectivity index (χ1n) is 5.70. The van der Waals surface area contributed by atoms with Crippen LogP contribution in [0.1, 0.15) is 21.5 Å². The van der Waals surface area contributed by atoms with Crippen LogP contribution >= 0.6 is 0 Å². The van der Waals surface area contributed by atoms with Crippen LogP contribution in [0.25, 0.3) is 0 Å². The van der Waals surface area contributed by atoms with Crippen LogP contribution in [0.2, 0.25) is 0 Å². The van der Waals surface area contributed by atoms with E-state index in [-0.39, 0.29) is 11.3 Å². The summed E-state index contributed by atoms with van der Waals surface area (Å²) < 4.78 is 0. The minimum atomic E-state index is -1.36. The third kappa shape index (κ3) is 2.04. The highest BCUT2D eigenvalue weighted by Gasteiger charge is 2.39. The first kappa shape index (κ1) is 14.3. The second-order valence-corrected chi connectivity index (χ2v) is 4.41. The smallest absolute Gasteiger partial charge is 0.298 e. The molecule has 0 unspecified atom stereocenters. The summed E-state index contributed by atoms with van der Waals surface area (Å²) in [6.07, 6.45) is 0. The molecule has 1 amide bonds. The van der Waals surface area contributed by atoms with Gasteiger partial charge in [0.1, 0.15) is 5.56 Å². The predicted molar refractivity (Wildman–Crippen MR) is 69.8 cm³/mol. The number of nitrogens with zero attached hydrogens (tertiary/aromatic N) is 2. The van der Waals surface area contributed by atoms with Crippen LogP contribution in [0.3, 0.4) is 0 Å². The van der Waals surface area contributed by atoms with Gasteiger partial charge in [-0.05, 0) is 25.5 Å². The van der Waals surface area contributed by atoms with E-state index in [9.17, 15) is 24.5 Å². The van der Waals surface area contributed by atoms with Gasteiger partial charge in [0, 0.05) is 5.56 Å². The number of ketones is 2. The number of amides is 1. The number of carbonyl (C=O) groups is 3. The van der Waals surface area contributed by atoms with E-state index in [1.54, 1.807) is 6.92 Å². The number of fused-ring (bicyclic) bond motifs is 1. The number of nitro benzene ring substituents is 1. The molecule has 21 heavy (non-hydrogen) atoms. The van der Waals surface area contributed by atoms with E-state index < -0.39 is 39.4 Å². The Morgan fingerprint density at radius 2 is 1.86 bits per heavy atom. The topological polar surface area (TPSA) is 139 Å². The molecule has 0 fully saturated rings. The molecule has 108 valence electrons. The SMILES string of the molecule is Cc1cc2c(c([N+](=O)[O-])c1C)C(=O)/C(=N/O)C(=O)C(=O)N2.